The zero-order chi connectivity index (χ0) is 13.5. The minimum atomic E-state index is 0.125. The summed E-state index contributed by atoms with van der Waals surface area (Å²) in [4.78, 5) is 13.8. The minimum Gasteiger partial charge on any atom is -0.355 e. The van der Waals surface area contributed by atoms with E-state index in [0.29, 0.717) is 17.8 Å². The number of H-pyrrole nitrogens is 1. The second-order valence-corrected chi connectivity index (χ2v) is 5.42. The zero-order valence-corrected chi connectivity index (χ0v) is 10.8. The number of nitrogens with one attached hydrogen (secondary N) is 1. The van der Waals surface area contributed by atoms with Crippen LogP contribution in [0.5, 0.6) is 0 Å². The van der Waals surface area contributed by atoms with Gasteiger partial charge >= 0.3 is 0 Å². The van der Waals surface area contributed by atoms with E-state index < -0.39 is 0 Å². The van der Waals surface area contributed by atoms with Gasteiger partial charge in [0.25, 0.3) is 0 Å². The number of aromatic nitrogens is 3. The van der Waals surface area contributed by atoms with Crippen molar-refractivity contribution in [3.05, 3.63) is 18.1 Å². The van der Waals surface area contributed by atoms with Crippen molar-refractivity contribution in [3.63, 3.8) is 0 Å². The maximum absolute atomic E-state index is 9.18. The highest BCUT2D eigenvalue weighted by molar-refractivity contribution is 5.92. The number of aromatic amines is 1. The number of nitriles is 1. The van der Waals surface area contributed by atoms with E-state index in [1.807, 2.05) is 0 Å². The molecular formula is C13H16N6. The molecule has 19 heavy (non-hydrogen) atoms. The van der Waals surface area contributed by atoms with Crippen LogP contribution in [0.25, 0.3) is 11.0 Å². The first-order valence-electron chi connectivity index (χ1n) is 6.34. The summed E-state index contributed by atoms with van der Waals surface area (Å²) in [5.41, 5.74) is 7.27. The Balaban J connectivity index is 2.07. The Hall–Kier alpha value is -2.13. The fourth-order valence-electron chi connectivity index (χ4n) is 2.65. The predicted octanol–water partition coefficient (Wildman–Crippen LogP) is 1.00. The molecular weight excluding hydrogens is 240 g/mol. The van der Waals surface area contributed by atoms with E-state index >= 15 is 0 Å². The molecule has 0 saturated carbocycles. The zero-order valence-electron chi connectivity index (χ0n) is 10.8. The molecule has 3 N–H and O–H groups in total. The Labute approximate surface area is 111 Å². The van der Waals surface area contributed by atoms with Crippen LogP contribution < -0.4 is 10.6 Å². The van der Waals surface area contributed by atoms with Crippen LogP contribution >= 0.6 is 0 Å². The molecule has 0 aromatic carbocycles. The van der Waals surface area contributed by atoms with Crippen LogP contribution in [0.3, 0.4) is 0 Å². The van der Waals surface area contributed by atoms with Gasteiger partial charge in [0.15, 0.2) is 0 Å². The van der Waals surface area contributed by atoms with Gasteiger partial charge in [0.1, 0.15) is 23.9 Å². The molecule has 1 atom stereocenters. The molecule has 1 unspecified atom stereocenters. The molecule has 6 heteroatoms. The van der Waals surface area contributed by atoms with Gasteiger partial charge in [-0.15, -0.1) is 0 Å². The number of fused-ring (bicyclic) bond motifs is 1. The van der Waals surface area contributed by atoms with Crippen LogP contribution in [0.2, 0.25) is 0 Å². The lowest BCUT2D eigenvalue weighted by molar-refractivity contribution is 0.383. The Kier molecular flexibility index (Phi) is 2.64. The molecule has 0 aliphatic carbocycles. The van der Waals surface area contributed by atoms with Crippen LogP contribution in [0.1, 0.15) is 18.9 Å². The normalized spacial score (nSPS) is 22.9. The molecule has 98 valence electrons. The number of nitrogens with two attached hydrogens (primary N) is 1. The van der Waals surface area contributed by atoms with Crippen molar-refractivity contribution in [3.8, 4) is 6.07 Å². The lowest BCUT2D eigenvalue weighted by Gasteiger charge is -2.23. The number of nitrogens with zero attached hydrogens (tertiary/aromatic N) is 4. The molecule has 2 aromatic rings. The van der Waals surface area contributed by atoms with Crippen molar-refractivity contribution >= 4 is 16.9 Å². The number of hydrogen-bond acceptors (Lipinski definition) is 5. The largest absolute Gasteiger partial charge is 0.355 e. The van der Waals surface area contributed by atoms with Gasteiger partial charge < -0.3 is 15.6 Å². The highest BCUT2D eigenvalue weighted by Gasteiger charge is 2.34. The van der Waals surface area contributed by atoms with Gasteiger partial charge in [0.2, 0.25) is 0 Å². The van der Waals surface area contributed by atoms with Crippen molar-refractivity contribution in [2.24, 2.45) is 11.1 Å². The Morgan fingerprint density at radius 1 is 1.58 bits per heavy atom. The van der Waals surface area contributed by atoms with E-state index in [2.05, 4.69) is 32.8 Å². The fourth-order valence-corrected chi connectivity index (χ4v) is 2.65. The van der Waals surface area contributed by atoms with Gasteiger partial charge in [-0.05, 0) is 18.4 Å². The summed E-state index contributed by atoms with van der Waals surface area (Å²) in [6, 6.07) is 2.19. The molecule has 1 aliphatic rings. The SMILES string of the molecule is CC1(CN)CCN(c2ncnc3[nH]cc(C#N)c23)C1. The Morgan fingerprint density at radius 2 is 2.42 bits per heavy atom. The Bertz CT molecular complexity index is 655. The summed E-state index contributed by atoms with van der Waals surface area (Å²) in [5.74, 6) is 0.833. The third-order valence-electron chi connectivity index (χ3n) is 3.92. The topological polar surface area (TPSA) is 94.6 Å². The molecule has 0 bridgehead atoms. The first kappa shape index (κ1) is 11.9. The molecule has 1 aliphatic heterocycles. The number of hydrogen-bond donors (Lipinski definition) is 2. The van der Waals surface area contributed by atoms with Crippen molar-refractivity contribution in [2.45, 2.75) is 13.3 Å². The Morgan fingerprint density at radius 3 is 3.11 bits per heavy atom. The third kappa shape index (κ3) is 1.83. The van der Waals surface area contributed by atoms with E-state index in [4.69, 9.17) is 5.73 Å². The van der Waals surface area contributed by atoms with E-state index in [0.717, 1.165) is 30.7 Å². The predicted molar refractivity (Wildman–Crippen MR) is 72.6 cm³/mol. The van der Waals surface area contributed by atoms with Crippen LogP contribution in [0.4, 0.5) is 5.82 Å². The maximum atomic E-state index is 9.18. The minimum absolute atomic E-state index is 0.125. The molecule has 3 rings (SSSR count). The molecule has 0 spiro atoms. The highest BCUT2D eigenvalue weighted by atomic mass is 15.2. The lowest BCUT2D eigenvalue weighted by Crippen LogP contribution is -2.31. The van der Waals surface area contributed by atoms with Crippen molar-refractivity contribution < 1.29 is 0 Å². The van der Waals surface area contributed by atoms with Crippen LogP contribution in [0, 0.1) is 16.7 Å². The van der Waals surface area contributed by atoms with Gasteiger partial charge in [0, 0.05) is 19.3 Å². The maximum Gasteiger partial charge on any atom is 0.144 e. The molecule has 1 fully saturated rings. The number of rotatable bonds is 2. The second kappa shape index (κ2) is 4.21. The molecule has 0 amide bonds. The summed E-state index contributed by atoms with van der Waals surface area (Å²) in [5, 5.41) is 9.99. The van der Waals surface area contributed by atoms with E-state index in [1.54, 1.807) is 6.20 Å². The standard InChI is InChI=1S/C13H16N6/c1-13(6-15)2-3-19(7-13)12-10-9(4-14)5-16-11(10)17-8-18-12/h5,8H,2-3,6-7,15H2,1H3,(H,16,17,18). The van der Waals surface area contributed by atoms with Crippen LogP contribution in [-0.2, 0) is 0 Å². The molecule has 1 saturated heterocycles. The monoisotopic (exact) mass is 256 g/mol. The third-order valence-corrected chi connectivity index (χ3v) is 3.92. The molecule has 3 heterocycles. The van der Waals surface area contributed by atoms with E-state index in [1.165, 1.54) is 6.33 Å². The summed E-state index contributed by atoms with van der Waals surface area (Å²) >= 11 is 0. The summed E-state index contributed by atoms with van der Waals surface area (Å²) in [7, 11) is 0. The first-order valence-corrected chi connectivity index (χ1v) is 6.34. The van der Waals surface area contributed by atoms with Gasteiger partial charge in [0.05, 0.1) is 10.9 Å². The van der Waals surface area contributed by atoms with Gasteiger partial charge in [-0.1, -0.05) is 6.92 Å². The summed E-state index contributed by atoms with van der Waals surface area (Å²) < 4.78 is 0. The molecule has 0 radical (unpaired) electrons. The number of anilines is 1. The highest BCUT2D eigenvalue weighted by Crippen LogP contribution is 2.34. The van der Waals surface area contributed by atoms with E-state index in [-0.39, 0.29) is 5.41 Å². The van der Waals surface area contributed by atoms with Crippen molar-refractivity contribution in [2.75, 3.05) is 24.5 Å². The van der Waals surface area contributed by atoms with Crippen molar-refractivity contribution in [1.29, 1.82) is 5.26 Å². The molecule has 2 aromatic heterocycles. The summed E-state index contributed by atoms with van der Waals surface area (Å²) in [6.07, 6.45) is 4.26. The quantitative estimate of drug-likeness (QED) is 0.836. The fraction of sp³-hybridized carbons (Fsp3) is 0.462. The molecule has 6 nitrogen and oxygen atoms in total. The smallest absolute Gasteiger partial charge is 0.144 e. The average molecular weight is 256 g/mol. The van der Waals surface area contributed by atoms with Crippen molar-refractivity contribution in [1.82, 2.24) is 15.0 Å². The van der Waals surface area contributed by atoms with Gasteiger partial charge in [-0.25, -0.2) is 9.97 Å². The van der Waals surface area contributed by atoms with Crippen LogP contribution in [0.15, 0.2) is 12.5 Å². The first-order chi connectivity index (χ1) is 9.17. The summed E-state index contributed by atoms with van der Waals surface area (Å²) in [6.45, 7) is 4.63. The van der Waals surface area contributed by atoms with E-state index in [9.17, 15) is 5.26 Å². The lowest BCUT2D eigenvalue weighted by atomic mass is 9.90. The average Bonchev–Trinajstić information content (AvgIpc) is 3.02. The van der Waals surface area contributed by atoms with Gasteiger partial charge in [-0.3, -0.25) is 0 Å². The van der Waals surface area contributed by atoms with Crippen LogP contribution in [-0.4, -0.2) is 34.6 Å². The second-order valence-electron chi connectivity index (χ2n) is 5.42. The van der Waals surface area contributed by atoms with Gasteiger partial charge in [-0.2, -0.15) is 5.26 Å².